The number of halogens is 1. The van der Waals surface area contributed by atoms with Gasteiger partial charge in [-0.05, 0) is 30.5 Å². The summed E-state index contributed by atoms with van der Waals surface area (Å²) in [6.45, 7) is 7.76. The second kappa shape index (κ2) is 7.02. The lowest BCUT2D eigenvalue weighted by molar-refractivity contribution is 0.237. The van der Waals surface area contributed by atoms with Crippen LogP contribution >= 0.6 is 15.9 Å². The number of nitrogens with two attached hydrogens (primary N) is 1. The Hall–Kier alpha value is -0.540. The number of aryl methyl sites for hydroxylation is 1. The molecule has 0 spiro atoms. The van der Waals surface area contributed by atoms with Crippen LogP contribution in [0.1, 0.15) is 37.8 Å². The van der Waals surface area contributed by atoms with E-state index in [0.717, 1.165) is 40.8 Å². The van der Waals surface area contributed by atoms with Gasteiger partial charge in [-0.2, -0.15) is 0 Å². The smallest absolute Gasteiger partial charge is 0.126 e. The molecule has 3 heteroatoms. The van der Waals surface area contributed by atoms with Crippen LogP contribution < -0.4 is 10.5 Å². The third-order valence-corrected chi connectivity index (χ3v) is 3.61. The molecule has 2 N–H and O–H groups in total. The van der Waals surface area contributed by atoms with E-state index >= 15 is 0 Å². The normalized spacial score (nSPS) is 10.9. The molecule has 0 fully saturated rings. The average molecular weight is 300 g/mol. The number of rotatable bonds is 6. The molecule has 1 aromatic rings. The van der Waals surface area contributed by atoms with Crippen molar-refractivity contribution in [3.05, 3.63) is 27.7 Å². The summed E-state index contributed by atoms with van der Waals surface area (Å²) in [5.41, 5.74) is 7.98. The molecule has 0 aromatic heterocycles. The van der Waals surface area contributed by atoms with Gasteiger partial charge in [0.15, 0.2) is 0 Å². The van der Waals surface area contributed by atoms with Gasteiger partial charge in [0.05, 0.1) is 6.61 Å². The molecular formula is C14H22BrNO. The van der Waals surface area contributed by atoms with Gasteiger partial charge in [-0.3, -0.25) is 0 Å². The maximum absolute atomic E-state index is 5.96. The second-order valence-corrected chi connectivity index (χ2v) is 5.32. The SMILES string of the molecule is CCC(CC)COc1c(C)cc(Br)cc1CN. The van der Waals surface area contributed by atoms with E-state index in [0.29, 0.717) is 12.5 Å². The quantitative estimate of drug-likeness (QED) is 0.861. The van der Waals surface area contributed by atoms with Crippen LogP contribution in [0.4, 0.5) is 0 Å². The summed E-state index contributed by atoms with van der Waals surface area (Å²) in [7, 11) is 0. The lowest BCUT2D eigenvalue weighted by Crippen LogP contribution is -2.12. The third kappa shape index (κ3) is 4.00. The zero-order valence-electron chi connectivity index (χ0n) is 10.9. The van der Waals surface area contributed by atoms with E-state index in [4.69, 9.17) is 10.5 Å². The van der Waals surface area contributed by atoms with Crippen molar-refractivity contribution in [2.24, 2.45) is 11.7 Å². The summed E-state index contributed by atoms with van der Waals surface area (Å²) in [5.74, 6) is 1.59. The van der Waals surface area contributed by atoms with E-state index in [1.807, 2.05) is 6.07 Å². The van der Waals surface area contributed by atoms with E-state index in [1.54, 1.807) is 0 Å². The monoisotopic (exact) mass is 299 g/mol. The van der Waals surface area contributed by atoms with Gasteiger partial charge < -0.3 is 10.5 Å². The Kier molecular flexibility index (Phi) is 6.00. The maximum atomic E-state index is 5.96. The molecule has 0 aliphatic heterocycles. The van der Waals surface area contributed by atoms with Crippen molar-refractivity contribution >= 4 is 15.9 Å². The van der Waals surface area contributed by atoms with Crippen molar-refractivity contribution in [3.63, 3.8) is 0 Å². The fraction of sp³-hybridized carbons (Fsp3) is 0.571. The highest BCUT2D eigenvalue weighted by molar-refractivity contribution is 9.10. The molecule has 0 aliphatic rings. The molecule has 2 nitrogen and oxygen atoms in total. The van der Waals surface area contributed by atoms with Crippen LogP contribution in [0.15, 0.2) is 16.6 Å². The molecule has 0 atom stereocenters. The zero-order valence-corrected chi connectivity index (χ0v) is 12.5. The Bertz CT molecular complexity index is 361. The van der Waals surface area contributed by atoms with Crippen molar-refractivity contribution in [2.75, 3.05) is 6.61 Å². The standard InChI is InChI=1S/C14H22BrNO/c1-4-11(5-2)9-17-14-10(3)6-13(15)7-12(14)8-16/h6-7,11H,4-5,8-9,16H2,1-3H3. The molecular weight excluding hydrogens is 278 g/mol. The van der Waals surface area contributed by atoms with Crippen molar-refractivity contribution in [1.82, 2.24) is 0 Å². The van der Waals surface area contributed by atoms with E-state index < -0.39 is 0 Å². The zero-order chi connectivity index (χ0) is 12.8. The van der Waals surface area contributed by atoms with Gasteiger partial charge in [-0.1, -0.05) is 42.6 Å². The fourth-order valence-corrected chi connectivity index (χ4v) is 2.50. The number of ether oxygens (including phenoxy) is 1. The summed E-state index contributed by atoms with van der Waals surface area (Å²) in [4.78, 5) is 0. The van der Waals surface area contributed by atoms with Gasteiger partial charge in [0.2, 0.25) is 0 Å². The van der Waals surface area contributed by atoms with Crippen molar-refractivity contribution in [2.45, 2.75) is 40.2 Å². The predicted octanol–water partition coefficient (Wildman–Crippen LogP) is 4.03. The van der Waals surface area contributed by atoms with Crippen LogP contribution in [-0.2, 0) is 6.54 Å². The first-order valence-corrected chi connectivity index (χ1v) is 7.03. The van der Waals surface area contributed by atoms with Gasteiger partial charge in [0.1, 0.15) is 5.75 Å². The van der Waals surface area contributed by atoms with E-state index in [9.17, 15) is 0 Å². The van der Waals surface area contributed by atoms with E-state index in [1.165, 1.54) is 0 Å². The fourth-order valence-electron chi connectivity index (χ4n) is 1.88. The Morgan fingerprint density at radius 2 is 1.94 bits per heavy atom. The summed E-state index contributed by atoms with van der Waals surface area (Å²) in [6, 6.07) is 4.11. The van der Waals surface area contributed by atoms with Gasteiger partial charge in [0, 0.05) is 16.6 Å². The van der Waals surface area contributed by atoms with Gasteiger partial charge in [-0.25, -0.2) is 0 Å². The minimum atomic E-state index is 0.512. The first-order chi connectivity index (χ1) is 8.12. The van der Waals surface area contributed by atoms with Gasteiger partial charge >= 0.3 is 0 Å². The van der Waals surface area contributed by atoms with Crippen LogP contribution in [0.3, 0.4) is 0 Å². The van der Waals surface area contributed by atoms with Crippen LogP contribution in [-0.4, -0.2) is 6.61 Å². The maximum Gasteiger partial charge on any atom is 0.126 e. The molecule has 0 heterocycles. The molecule has 0 amide bonds. The van der Waals surface area contributed by atoms with E-state index in [-0.39, 0.29) is 0 Å². The molecule has 0 unspecified atom stereocenters. The minimum Gasteiger partial charge on any atom is -0.493 e. The first kappa shape index (κ1) is 14.5. The highest BCUT2D eigenvalue weighted by Crippen LogP contribution is 2.28. The Balaban J connectivity index is 2.82. The third-order valence-electron chi connectivity index (χ3n) is 3.15. The van der Waals surface area contributed by atoms with Gasteiger partial charge in [-0.15, -0.1) is 0 Å². The molecule has 0 saturated carbocycles. The van der Waals surface area contributed by atoms with Crippen LogP contribution in [0.2, 0.25) is 0 Å². The highest BCUT2D eigenvalue weighted by Gasteiger charge is 2.10. The topological polar surface area (TPSA) is 35.2 Å². The van der Waals surface area contributed by atoms with Crippen LogP contribution in [0.5, 0.6) is 5.75 Å². The van der Waals surface area contributed by atoms with Crippen molar-refractivity contribution in [1.29, 1.82) is 0 Å². The molecule has 17 heavy (non-hydrogen) atoms. The first-order valence-electron chi connectivity index (χ1n) is 6.24. The van der Waals surface area contributed by atoms with Crippen LogP contribution in [0, 0.1) is 12.8 Å². The van der Waals surface area contributed by atoms with Crippen molar-refractivity contribution in [3.8, 4) is 5.75 Å². The lowest BCUT2D eigenvalue weighted by atomic mass is 10.0. The number of hydrogen-bond acceptors (Lipinski definition) is 2. The summed E-state index contributed by atoms with van der Waals surface area (Å²) in [5, 5.41) is 0. The molecule has 0 radical (unpaired) electrons. The summed E-state index contributed by atoms with van der Waals surface area (Å²) < 4.78 is 7.02. The number of hydrogen-bond donors (Lipinski definition) is 1. The molecule has 0 bridgehead atoms. The largest absolute Gasteiger partial charge is 0.493 e. The Morgan fingerprint density at radius 1 is 1.29 bits per heavy atom. The lowest BCUT2D eigenvalue weighted by Gasteiger charge is -2.18. The number of benzene rings is 1. The average Bonchev–Trinajstić information content (AvgIpc) is 2.31. The summed E-state index contributed by atoms with van der Waals surface area (Å²) >= 11 is 3.48. The summed E-state index contributed by atoms with van der Waals surface area (Å²) in [6.07, 6.45) is 2.31. The minimum absolute atomic E-state index is 0.512. The highest BCUT2D eigenvalue weighted by atomic mass is 79.9. The Morgan fingerprint density at radius 3 is 2.47 bits per heavy atom. The molecule has 1 rings (SSSR count). The Labute approximate surface area is 113 Å². The second-order valence-electron chi connectivity index (χ2n) is 4.41. The van der Waals surface area contributed by atoms with Crippen LogP contribution in [0.25, 0.3) is 0 Å². The van der Waals surface area contributed by atoms with Gasteiger partial charge in [0.25, 0.3) is 0 Å². The molecule has 0 aliphatic carbocycles. The predicted molar refractivity (Wildman–Crippen MR) is 76.3 cm³/mol. The van der Waals surface area contributed by atoms with E-state index in [2.05, 4.69) is 42.8 Å². The molecule has 96 valence electrons. The van der Waals surface area contributed by atoms with Crippen molar-refractivity contribution < 1.29 is 4.74 Å². The molecule has 0 saturated heterocycles. The molecule has 1 aromatic carbocycles.